The second-order valence-electron chi connectivity index (χ2n) is 5.66. The van der Waals surface area contributed by atoms with Gasteiger partial charge in [0.15, 0.2) is 0 Å². The number of fused-ring (bicyclic) bond motifs is 1. The molecule has 1 unspecified atom stereocenters. The first-order valence-corrected chi connectivity index (χ1v) is 7.85. The smallest absolute Gasteiger partial charge is 0.129 e. The maximum absolute atomic E-state index is 13.1. The van der Waals surface area contributed by atoms with Crippen LogP contribution in [0.25, 0.3) is 5.57 Å². The van der Waals surface area contributed by atoms with E-state index in [9.17, 15) is 13.2 Å². The van der Waals surface area contributed by atoms with E-state index in [1.165, 1.54) is 24.3 Å². The van der Waals surface area contributed by atoms with Gasteiger partial charge in [-0.1, -0.05) is 12.1 Å². The van der Waals surface area contributed by atoms with Crippen LogP contribution in [0.15, 0.2) is 53.4 Å². The van der Waals surface area contributed by atoms with Gasteiger partial charge in [-0.2, -0.15) is 0 Å². The van der Waals surface area contributed by atoms with Crippen LogP contribution in [0.2, 0.25) is 0 Å². The maximum atomic E-state index is 13.1. The van der Waals surface area contributed by atoms with Crippen LogP contribution in [0.3, 0.4) is 0 Å². The van der Waals surface area contributed by atoms with Crippen LogP contribution >= 0.6 is 0 Å². The molecular formula is C17H14FO3S-. The minimum atomic E-state index is -2.31. The molecule has 3 nitrogen and oxygen atoms in total. The lowest BCUT2D eigenvalue weighted by molar-refractivity contribution is 0.157. The van der Waals surface area contributed by atoms with Crippen molar-refractivity contribution >= 4 is 16.7 Å². The number of benzene rings is 2. The van der Waals surface area contributed by atoms with Gasteiger partial charge in [-0.25, -0.2) is 4.39 Å². The van der Waals surface area contributed by atoms with E-state index in [4.69, 9.17) is 4.74 Å². The highest BCUT2D eigenvalue weighted by molar-refractivity contribution is 7.79. The standard InChI is InChI=1S/C17H15FO3S/c1-17(2)10-15(11-3-5-12(18)6-4-11)14-8-7-13(22(19)20)9-16(14)21-17/h3-10H,1-2H3,(H,19,20)/p-1. The zero-order valence-electron chi connectivity index (χ0n) is 12.1. The molecule has 1 heterocycles. The zero-order chi connectivity index (χ0) is 15.9. The van der Waals surface area contributed by atoms with Crippen molar-refractivity contribution < 1.29 is 17.9 Å². The largest absolute Gasteiger partial charge is 0.768 e. The molecule has 0 aliphatic carbocycles. The topological polar surface area (TPSA) is 49.4 Å². The molecule has 0 N–H and O–H groups in total. The summed E-state index contributed by atoms with van der Waals surface area (Å²) in [6.45, 7) is 3.78. The van der Waals surface area contributed by atoms with E-state index in [1.807, 2.05) is 19.9 Å². The molecular weight excluding hydrogens is 303 g/mol. The molecule has 5 heteroatoms. The second-order valence-corrected chi connectivity index (χ2v) is 6.60. The van der Waals surface area contributed by atoms with E-state index in [2.05, 4.69) is 0 Å². The molecule has 114 valence electrons. The Kier molecular flexibility index (Phi) is 3.62. The van der Waals surface area contributed by atoms with Gasteiger partial charge in [0.2, 0.25) is 0 Å². The fourth-order valence-corrected chi connectivity index (χ4v) is 2.90. The molecule has 0 fully saturated rings. The molecule has 0 amide bonds. The van der Waals surface area contributed by atoms with Gasteiger partial charge in [0.25, 0.3) is 0 Å². The third-order valence-electron chi connectivity index (χ3n) is 3.46. The summed E-state index contributed by atoms with van der Waals surface area (Å²) in [5.74, 6) is 0.210. The number of halogens is 1. The molecule has 1 atom stereocenters. The van der Waals surface area contributed by atoms with Crippen molar-refractivity contribution in [3.63, 3.8) is 0 Å². The van der Waals surface area contributed by atoms with Crippen LogP contribution < -0.4 is 4.74 Å². The Bertz CT molecular complexity index is 779. The van der Waals surface area contributed by atoms with Gasteiger partial charge in [0.1, 0.15) is 17.2 Å². The van der Waals surface area contributed by atoms with Crippen molar-refractivity contribution in [2.75, 3.05) is 0 Å². The van der Waals surface area contributed by atoms with Crippen molar-refractivity contribution in [2.24, 2.45) is 0 Å². The first-order chi connectivity index (χ1) is 10.4. The van der Waals surface area contributed by atoms with Crippen LogP contribution in [0.4, 0.5) is 4.39 Å². The van der Waals surface area contributed by atoms with E-state index in [0.29, 0.717) is 5.75 Å². The Labute approximate surface area is 130 Å². The first kappa shape index (κ1) is 14.9. The highest BCUT2D eigenvalue weighted by Crippen LogP contribution is 2.40. The van der Waals surface area contributed by atoms with Crippen LogP contribution in [-0.2, 0) is 11.1 Å². The van der Waals surface area contributed by atoms with Gasteiger partial charge in [-0.3, -0.25) is 4.21 Å². The quantitative estimate of drug-likeness (QED) is 0.794. The Balaban J connectivity index is 2.16. The number of ether oxygens (including phenoxy) is 1. The van der Waals surface area contributed by atoms with E-state index < -0.39 is 16.7 Å². The fourth-order valence-electron chi connectivity index (χ4n) is 2.52. The summed E-state index contributed by atoms with van der Waals surface area (Å²) >= 11 is -2.31. The van der Waals surface area contributed by atoms with E-state index in [0.717, 1.165) is 16.7 Å². The van der Waals surface area contributed by atoms with Crippen LogP contribution in [-0.4, -0.2) is 14.4 Å². The lowest BCUT2D eigenvalue weighted by atomic mass is 9.90. The summed E-state index contributed by atoms with van der Waals surface area (Å²) in [4.78, 5) is 0.176. The van der Waals surface area contributed by atoms with Crippen LogP contribution in [0.5, 0.6) is 5.75 Å². The molecule has 0 radical (unpaired) electrons. The summed E-state index contributed by atoms with van der Waals surface area (Å²) in [5.41, 5.74) is 1.96. The summed E-state index contributed by atoms with van der Waals surface area (Å²) in [6, 6.07) is 11.0. The summed E-state index contributed by atoms with van der Waals surface area (Å²) in [6.07, 6.45) is 1.95. The normalized spacial score (nSPS) is 17.2. The third kappa shape index (κ3) is 2.82. The van der Waals surface area contributed by atoms with E-state index >= 15 is 0 Å². The van der Waals surface area contributed by atoms with Gasteiger partial charge in [0, 0.05) is 10.5 Å². The molecule has 1 aliphatic rings. The van der Waals surface area contributed by atoms with Gasteiger partial charge in [-0.05, 0) is 72.5 Å². The van der Waals surface area contributed by atoms with Crippen LogP contribution in [0.1, 0.15) is 25.0 Å². The molecule has 0 aromatic heterocycles. The minimum Gasteiger partial charge on any atom is -0.768 e. The average Bonchev–Trinajstić information content (AvgIpc) is 2.45. The van der Waals surface area contributed by atoms with Crippen molar-refractivity contribution in [3.8, 4) is 5.75 Å². The summed E-state index contributed by atoms with van der Waals surface area (Å²) in [7, 11) is 0. The molecule has 2 aromatic rings. The fraction of sp³-hybridized carbons (Fsp3) is 0.176. The highest BCUT2D eigenvalue weighted by Gasteiger charge is 2.27. The van der Waals surface area contributed by atoms with Gasteiger partial charge in [0.05, 0.1) is 0 Å². The van der Waals surface area contributed by atoms with E-state index in [1.54, 1.807) is 18.2 Å². The van der Waals surface area contributed by atoms with Crippen molar-refractivity contribution in [1.29, 1.82) is 0 Å². The summed E-state index contributed by atoms with van der Waals surface area (Å²) < 4.78 is 41.2. The first-order valence-electron chi connectivity index (χ1n) is 6.77. The molecule has 0 spiro atoms. The Morgan fingerprint density at radius 1 is 1.14 bits per heavy atom. The monoisotopic (exact) mass is 317 g/mol. The van der Waals surface area contributed by atoms with Gasteiger partial charge < -0.3 is 9.29 Å². The number of hydrogen-bond acceptors (Lipinski definition) is 3. The van der Waals surface area contributed by atoms with Gasteiger partial charge in [-0.15, -0.1) is 0 Å². The Morgan fingerprint density at radius 3 is 2.45 bits per heavy atom. The van der Waals surface area contributed by atoms with Gasteiger partial charge >= 0.3 is 0 Å². The predicted octanol–water partition coefficient (Wildman–Crippen LogP) is 3.67. The van der Waals surface area contributed by atoms with Crippen molar-refractivity contribution in [2.45, 2.75) is 24.3 Å². The number of rotatable bonds is 2. The maximum Gasteiger partial charge on any atom is 0.129 e. The Morgan fingerprint density at radius 2 is 1.82 bits per heavy atom. The molecule has 1 aliphatic heterocycles. The molecule has 0 bridgehead atoms. The lowest BCUT2D eigenvalue weighted by Gasteiger charge is -2.31. The predicted molar refractivity (Wildman–Crippen MR) is 81.8 cm³/mol. The van der Waals surface area contributed by atoms with Crippen LogP contribution in [0, 0.1) is 5.82 Å². The molecule has 3 rings (SSSR count). The highest BCUT2D eigenvalue weighted by atomic mass is 32.2. The number of hydrogen-bond donors (Lipinski definition) is 0. The van der Waals surface area contributed by atoms with E-state index in [-0.39, 0.29) is 10.7 Å². The Hall–Kier alpha value is -1.98. The van der Waals surface area contributed by atoms with Crippen molar-refractivity contribution in [1.82, 2.24) is 0 Å². The van der Waals surface area contributed by atoms with Crippen molar-refractivity contribution in [3.05, 3.63) is 65.5 Å². The SMILES string of the molecule is CC1(C)C=C(c2ccc(F)cc2)c2ccc(S(=O)[O-])cc2O1. The minimum absolute atomic E-state index is 0.176. The average molecular weight is 317 g/mol. The lowest BCUT2D eigenvalue weighted by Crippen LogP contribution is -2.29. The zero-order valence-corrected chi connectivity index (χ0v) is 12.9. The molecule has 0 saturated heterocycles. The molecule has 2 aromatic carbocycles. The summed E-state index contributed by atoms with van der Waals surface area (Å²) in [5, 5.41) is 0. The molecule has 22 heavy (non-hydrogen) atoms. The molecule has 0 saturated carbocycles. The second kappa shape index (κ2) is 5.34. The third-order valence-corrected chi connectivity index (χ3v) is 4.09.